The molecule has 0 aliphatic carbocycles. The molecule has 3 heterocycles. The van der Waals surface area contributed by atoms with Crippen LogP contribution in [-0.2, 0) is 10.5 Å². The number of benzene rings is 1. The maximum absolute atomic E-state index is 9.94. The summed E-state index contributed by atoms with van der Waals surface area (Å²) in [6.07, 6.45) is 1.17. The molecule has 6 nitrogen and oxygen atoms in total. The van der Waals surface area contributed by atoms with Crippen molar-refractivity contribution in [2.45, 2.75) is 42.6 Å². The maximum atomic E-state index is 9.94. The zero-order valence-electron chi connectivity index (χ0n) is 13.5. The summed E-state index contributed by atoms with van der Waals surface area (Å²) >= 11 is 7.70. The van der Waals surface area contributed by atoms with E-state index in [9.17, 15) is 5.11 Å². The molecule has 0 radical (unpaired) electrons. The Morgan fingerprint density at radius 3 is 2.84 bits per heavy atom. The van der Waals surface area contributed by atoms with Crippen molar-refractivity contribution in [2.24, 2.45) is 0 Å². The van der Waals surface area contributed by atoms with Crippen molar-refractivity contribution in [1.29, 1.82) is 0 Å². The van der Waals surface area contributed by atoms with E-state index in [1.54, 1.807) is 18.1 Å². The molecule has 130 valence electrons. The molecule has 1 saturated heterocycles. The van der Waals surface area contributed by atoms with E-state index in [0.717, 1.165) is 10.8 Å². The minimum Gasteiger partial charge on any atom is -0.390 e. The Labute approximate surface area is 154 Å². The number of ether oxygens (including phenoxy) is 1. The zero-order chi connectivity index (χ0) is 17.4. The SMILES string of the molecule is CC1OC(n2cnc3c(SCc4ccccc4)nc(Cl)nc32)C[C@H]1O. The first-order valence-corrected chi connectivity index (χ1v) is 9.38. The molecule has 2 aromatic heterocycles. The number of fused-ring (bicyclic) bond motifs is 1. The second kappa shape index (κ2) is 6.92. The third-order valence-electron chi connectivity index (χ3n) is 4.25. The van der Waals surface area contributed by atoms with Crippen LogP contribution in [0.5, 0.6) is 0 Å². The predicted octanol–water partition coefficient (Wildman–Crippen LogP) is 3.44. The van der Waals surface area contributed by atoms with Crippen molar-refractivity contribution in [3.63, 3.8) is 0 Å². The number of nitrogens with zero attached hydrogens (tertiary/aromatic N) is 4. The standard InChI is InChI=1S/C17H17ClN4O2S/c1-10-12(23)7-13(24-10)22-9-19-14-15(22)20-17(18)21-16(14)25-8-11-5-3-2-4-6-11/h2-6,9-10,12-13,23H,7-8H2,1H3/t10?,12-,13?/m1/s1. The molecule has 25 heavy (non-hydrogen) atoms. The van der Waals surface area contributed by atoms with E-state index in [1.165, 1.54) is 5.56 Å². The Balaban J connectivity index is 1.65. The molecule has 2 unspecified atom stereocenters. The monoisotopic (exact) mass is 376 g/mol. The molecule has 3 atom stereocenters. The van der Waals surface area contributed by atoms with Gasteiger partial charge in [0.15, 0.2) is 5.65 Å². The molecule has 1 aliphatic heterocycles. The number of imidazole rings is 1. The Bertz CT molecular complexity index is 879. The summed E-state index contributed by atoms with van der Waals surface area (Å²) in [4.78, 5) is 13.1. The maximum Gasteiger partial charge on any atom is 0.225 e. The third-order valence-corrected chi connectivity index (χ3v) is 5.45. The highest BCUT2D eigenvalue weighted by atomic mass is 35.5. The first-order valence-electron chi connectivity index (χ1n) is 8.02. The largest absolute Gasteiger partial charge is 0.390 e. The molecule has 4 rings (SSSR count). The minimum atomic E-state index is -0.494. The second-order valence-corrected chi connectivity index (χ2v) is 7.30. The van der Waals surface area contributed by atoms with Crippen LogP contribution in [0.2, 0.25) is 5.28 Å². The minimum absolute atomic E-state index is 0.177. The summed E-state index contributed by atoms with van der Waals surface area (Å²) in [6, 6.07) is 10.2. The normalized spacial score (nSPS) is 23.4. The van der Waals surface area contributed by atoms with Gasteiger partial charge in [-0.25, -0.2) is 9.97 Å². The van der Waals surface area contributed by atoms with Gasteiger partial charge in [-0.1, -0.05) is 42.1 Å². The van der Waals surface area contributed by atoms with Crippen LogP contribution in [0, 0.1) is 0 Å². The quantitative estimate of drug-likeness (QED) is 0.427. The van der Waals surface area contributed by atoms with Crippen LogP contribution in [0.4, 0.5) is 0 Å². The molecule has 1 N–H and O–H groups in total. The van der Waals surface area contributed by atoms with Crippen LogP contribution >= 0.6 is 23.4 Å². The fourth-order valence-electron chi connectivity index (χ4n) is 2.87. The number of thioether (sulfide) groups is 1. The molecule has 0 amide bonds. The van der Waals surface area contributed by atoms with E-state index >= 15 is 0 Å². The fourth-order valence-corrected chi connectivity index (χ4v) is 4.02. The van der Waals surface area contributed by atoms with Gasteiger partial charge in [0.2, 0.25) is 5.28 Å². The van der Waals surface area contributed by atoms with Crippen LogP contribution in [0.25, 0.3) is 11.2 Å². The van der Waals surface area contributed by atoms with E-state index in [-0.39, 0.29) is 17.6 Å². The lowest BCUT2D eigenvalue weighted by atomic mass is 10.2. The Morgan fingerprint density at radius 1 is 1.32 bits per heavy atom. The molecular weight excluding hydrogens is 360 g/mol. The van der Waals surface area contributed by atoms with E-state index in [1.807, 2.05) is 29.7 Å². The summed E-state index contributed by atoms with van der Waals surface area (Å²) < 4.78 is 7.62. The zero-order valence-corrected chi connectivity index (χ0v) is 15.1. The lowest BCUT2D eigenvalue weighted by Crippen LogP contribution is -2.15. The average molecular weight is 377 g/mol. The first kappa shape index (κ1) is 16.8. The lowest BCUT2D eigenvalue weighted by molar-refractivity contribution is -0.00632. The number of aromatic nitrogens is 4. The first-order chi connectivity index (χ1) is 12.1. The number of rotatable bonds is 4. The van der Waals surface area contributed by atoms with Gasteiger partial charge in [-0.3, -0.25) is 4.57 Å². The van der Waals surface area contributed by atoms with Crippen molar-refractivity contribution >= 4 is 34.5 Å². The van der Waals surface area contributed by atoms with Gasteiger partial charge in [-0.05, 0) is 24.1 Å². The van der Waals surface area contributed by atoms with Gasteiger partial charge in [0.05, 0.1) is 18.5 Å². The van der Waals surface area contributed by atoms with E-state index in [0.29, 0.717) is 17.6 Å². The smallest absolute Gasteiger partial charge is 0.225 e. The Kier molecular flexibility index (Phi) is 4.64. The summed E-state index contributed by atoms with van der Waals surface area (Å²) in [6.45, 7) is 1.85. The van der Waals surface area contributed by atoms with Crippen molar-refractivity contribution in [3.05, 3.63) is 47.5 Å². The molecule has 3 aromatic rings. The van der Waals surface area contributed by atoms with Gasteiger partial charge in [0.25, 0.3) is 0 Å². The van der Waals surface area contributed by atoms with Crippen LogP contribution in [-0.4, -0.2) is 36.8 Å². The highest BCUT2D eigenvalue weighted by Crippen LogP contribution is 2.33. The molecular formula is C17H17ClN4O2S. The van der Waals surface area contributed by atoms with Gasteiger partial charge in [-0.15, -0.1) is 0 Å². The molecule has 1 fully saturated rings. The second-order valence-electron chi connectivity index (χ2n) is 6.00. The number of hydrogen-bond donors (Lipinski definition) is 1. The molecule has 1 aromatic carbocycles. The Morgan fingerprint density at radius 2 is 2.12 bits per heavy atom. The predicted molar refractivity (Wildman–Crippen MR) is 96.5 cm³/mol. The van der Waals surface area contributed by atoms with Gasteiger partial charge in [-0.2, -0.15) is 4.98 Å². The van der Waals surface area contributed by atoms with E-state index in [4.69, 9.17) is 16.3 Å². The van der Waals surface area contributed by atoms with Crippen molar-refractivity contribution in [3.8, 4) is 0 Å². The van der Waals surface area contributed by atoms with Crippen molar-refractivity contribution < 1.29 is 9.84 Å². The van der Waals surface area contributed by atoms with Gasteiger partial charge in [0.1, 0.15) is 16.8 Å². The summed E-state index contributed by atoms with van der Waals surface area (Å²) in [5.74, 6) is 0.770. The number of aliphatic hydroxyl groups excluding tert-OH is 1. The highest BCUT2D eigenvalue weighted by Gasteiger charge is 2.33. The topological polar surface area (TPSA) is 73.1 Å². The third kappa shape index (κ3) is 3.37. The highest BCUT2D eigenvalue weighted by molar-refractivity contribution is 7.98. The molecule has 8 heteroatoms. The van der Waals surface area contributed by atoms with Crippen LogP contribution in [0.15, 0.2) is 41.7 Å². The van der Waals surface area contributed by atoms with Gasteiger partial charge < -0.3 is 9.84 Å². The number of aliphatic hydroxyl groups is 1. The molecule has 0 spiro atoms. The lowest BCUT2D eigenvalue weighted by Gasteiger charge is -2.12. The fraction of sp³-hybridized carbons (Fsp3) is 0.353. The van der Waals surface area contributed by atoms with Gasteiger partial charge >= 0.3 is 0 Å². The molecule has 0 saturated carbocycles. The molecule has 0 bridgehead atoms. The summed E-state index contributed by atoms with van der Waals surface area (Å²) in [7, 11) is 0. The van der Waals surface area contributed by atoms with Crippen LogP contribution in [0.3, 0.4) is 0 Å². The van der Waals surface area contributed by atoms with E-state index < -0.39 is 6.10 Å². The summed E-state index contributed by atoms with van der Waals surface area (Å²) in [5.41, 5.74) is 2.52. The number of hydrogen-bond acceptors (Lipinski definition) is 6. The van der Waals surface area contributed by atoms with Crippen LogP contribution in [0.1, 0.15) is 25.1 Å². The summed E-state index contributed by atoms with van der Waals surface area (Å²) in [5, 5.41) is 10.9. The average Bonchev–Trinajstić information content (AvgIpc) is 3.17. The molecule has 1 aliphatic rings. The van der Waals surface area contributed by atoms with E-state index in [2.05, 4.69) is 27.1 Å². The van der Waals surface area contributed by atoms with Crippen molar-refractivity contribution in [2.75, 3.05) is 0 Å². The van der Waals surface area contributed by atoms with Crippen LogP contribution < -0.4 is 0 Å². The Hall–Kier alpha value is -1.67. The van der Waals surface area contributed by atoms with Crippen molar-refractivity contribution in [1.82, 2.24) is 19.5 Å². The number of halogens is 1. The van der Waals surface area contributed by atoms with Gasteiger partial charge in [0, 0.05) is 12.2 Å².